The third kappa shape index (κ3) is 6.12. The van der Waals surface area contributed by atoms with Crippen LogP contribution in [0.15, 0.2) is 52.5 Å². The molecule has 36 heavy (non-hydrogen) atoms. The number of nitrogens with one attached hydrogen (secondary N) is 1. The summed E-state index contributed by atoms with van der Waals surface area (Å²) in [6.45, 7) is 8.55. The number of benzene rings is 1. The van der Waals surface area contributed by atoms with Gasteiger partial charge in [0, 0.05) is 43.3 Å². The zero-order valence-electron chi connectivity index (χ0n) is 20.8. The summed E-state index contributed by atoms with van der Waals surface area (Å²) >= 11 is 1.26. The number of furan rings is 1. The Hall–Kier alpha value is -3.66. The molecule has 3 heterocycles. The van der Waals surface area contributed by atoms with Crippen molar-refractivity contribution in [3.63, 3.8) is 0 Å². The van der Waals surface area contributed by atoms with Crippen molar-refractivity contribution in [1.29, 1.82) is 0 Å². The van der Waals surface area contributed by atoms with Crippen molar-refractivity contribution in [3.8, 4) is 0 Å². The average Bonchev–Trinajstić information content (AvgIpc) is 3.55. The maximum absolute atomic E-state index is 12.8. The lowest BCUT2D eigenvalue weighted by atomic mass is 10.1. The van der Waals surface area contributed by atoms with Crippen molar-refractivity contribution in [2.75, 3.05) is 42.9 Å². The Morgan fingerprint density at radius 3 is 2.53 bits per heavy atom. The van der Waals surface area contributed by atoms with E-state index in [4.69, 9.17) is 4.42 Å². The maximum Gasteiger partial charge on any atom is 0.290 e. The molecule has 2 aromatic heterocycles. The molecular weight excluding hydrogens is 478 g/mol. The predicted octanol–water partition coefficient (Wildman–Crippen LogP) is 3.43. The van der Waals surface area contributed by atoms with Gasteiger partial charge in [-0.05, 0) is 44.5 Å². The van der Waals surface area contributed by atoms with E-state index < -0.39 is 0 Å². The van der Waals surface area contributed by atoms with Crippen LogP contribution in [0.5, 0.6) is 0 Å². The van der Waals surface area contributed by atoms with Gasteiger partial charge in [-0.15, -0.1) is 11.3 Å². The average molecular weight is 510 g/mol. The summed E-state index contributed by atoms with van der Waals surface area (Å²) in [6, 6.07) is 11.3. The molecule has 4 rings (SSSR count). The monoisotopic (exact) mass is 509 g/mol. The van der Waals surface area contributed by atoms with Crippen LogP contribution in [0.4, 0.5) is 10.8 Å². The van der Waals surface area contributed by atoms with Crippen LogP contribution < -0.4 is 10.2 Å². The number of nitrogens with zero attached hydrogens (tertiary/aromatic N) is 4. The van der Waals surface area contributed by atoms with Crippen LogP contribution in [0.2, 0.25) is 0 Å². The number of anilines is 2. The first kappa shape index (κ1) is 25.4. The van der Waals surface area contributed by atoms with E-state index >= 15 is 0 Å². The number of para-hydroxylation sites is 1. The van der Waals surface area contributed by atoms with Crippen molar-refractivity contribution >= 4 is 39.9 Å². The number of amides is 3. The van der Waals surface area contributed by atoms with E-state index in [0.29, 0.717) is 23.9 Å². The van der Waals surface area contributed by atoms with Gasteiger partial charge in [0.1, 0.15) is 6.54 Å². The molecule has 1 fully saturated rings. The second kappa shape index (κ2) is 11.4. The standard InChI is InChI=1S/C26H31N5O4S/c1-18(2)31(25(34)22-9-6-14-35-22)16-23(32)28-26-27-20(17-36-26)15-24(33)30-12-10-29(11-13-30)21-8-5-4-7-19(21)3/h4-9,14,17-18H,10-13,15-16H2,1-3H3,(H,27,28,32). The molecule has 0 unspecified atom stereocenters. The van der Waals surface area contributed by atoms with Crippen molar-refractivity contribution in [2.24, 2.45) is 0 Å². The van der Waals surface area contributed by atoms with E-state index in [9.17, 15) is 14.4 Å². The first-order valence-corrected chi connectivity index (χ1v) is 12.9. The predicted molar refractivity (Wildman–Crippen MR) is 139 cm³/mol. The Balaban J connectivity index is 1.27. The number of aromatic nitrogens is 1. The van der Waals surface area contributed by atoms with Gasteiger partial charge in [-0.1, -0.05) is 18.2 Å². The van der Waals surface area contributed by atoms with E-state index in [1.54, 1.807) is 17.5 Å². The maximum atomic E-state index is 12.8. The van der Waals surface area contributed by atoms with Crippen LogP contribution in [0, 0.1) is 6.92 Å². The lowest BCUT2D eigenvalue weighted by molar-refractivity contribution is -0.130. The molecule has 0 aliphatic carbocycles. The number of thiazole rings is 1. The molecule has 1 saturated heterocycles. The number of carbonyl (C=O) groups is 3. The van der Waals surface area contributed by atoms with E-state index in [1.165, 1.54) is 33.8 Å². The lowest BCUT2D eigenvalue weighted by Gasteiger charge is -2.36. The number of aryl methyl sites for hydroxylation is 1. The molecule has 1 aliphatic heterocycles. The highest BCUT2D eigenvalue weighted by atomic mass is 32.1. The van der Waals surface area contributed by atoms with Gasteiger partial charge < -0.3 is 24.4 Å². The van der Waals surface area contributed by atoms with Crippen LogP contribution >= 0.6 is 11.3 Å². The Bertz CT molecular complexity index is 1200. The van der Waals surface area contributed by atoms with Crippen molar-refractivity contribution in [3.05, 3.63) is 65.1 Å². The summed E-state index contributed by atoms with van der Waals surface area (Å²) in [5, 5.41) is 4.93. The van der Waals surface area contributed by atoms with E-state index in [-0.39, 0.29) is 42.5 Å². The molecule has 0 radical (unpaired) electrons. The van der Waals surface area contributed by atoms with Gasteiger partial charge in [-0.3, -0.25) is 14.4 Å². The quantitative estimate of drug-likeness (QED) is 0.500. The molecule has 190 valence electrons. The molecule has 0 spiro atoms. The number of carbonyl (C=O) groups excluding carboxylic acids is 3. The fraction of sp³-hybridized carbons (Fsp3) is 0.385. The van der Waals surface area contributed by atoms with Crippen molar-refractivity contribution < 1.29 is 18.8 Å². The fourth-order valence-electron chi connectivity index (χ4n) is 4.17. The molecule has 0 bridgehead atoms. The van der Waals surface area contributed by atoms with Crippen molar-refractivity contribution in [2.45, 2.75) is 33.2 Å². The van der Waals surface area contributed by atoms with E-state index in [0.717, 1.165) is 13.1 Å². The van der Waals surface area contributed by atoms with Gasteiger partial charge in [-0.25, -0.2) is 4.98 Å². The summed E-state index contributed by atoms with van der Waals surface area (Å²) in [6.07, 6.45) is 1.61. The Morgan fingerprint density at radius 1 is 1.11 bits per heavy atom. The molecule has 1 N–H and O–H groups in total. The Morgan fingerprint density at radius 2 is 1.86 bits per heavy atom. The molecule has 10 heteroatoms. The summed E-state index contributed by atoms with van der Waals surface area (Å²) in [7, 11) is 0. The minimum atomic E-state index is -0.358. The summed E-state index contributed by atoms with van der Waals surface area (Å²) in [5.74, 6) is -0.495. The first-order valence-electron chi connectivity index (χ1n) is 12.0. The number of hydrogen-bond acceptors (Lipinski definition) is 7. The zero-order valence-corrected chi connectivity index (χ0v) is 21.6. The molecule has 3 amide bonds. The topological polar surface area (TPSA) is 99.0 Å². The zero-order chi connectivity index (χ0) is 25.7. The highest BCUT2D eigenvalue weighted by Crippen LogP contribution is 2.22. The van der Waals surface area contributed by atoms with Gasteiger partial charge >= 0.3 is 0 Å². The highest BCUT2D eigenvalue weighted by Gasteiger charge is 2.25. The van der Waals surface area contributed by atoms with Gasteiger partial charge in [0.25, 0.3) is 5.91 Å². The molecule has 1 aliphatic rings. The van der Waals surface area contributed by atoms with Gasteiger partial charge in [0.05, 0.1) is 18.4 Å². The third-order valence-electron chi connectivity index (χ3n) is 6.15. The smallest absolute Gasteiger partial charge is 0.290 e. The first-order chi connectivity index (χ1) is 17.3. The van der Waals surface area contributed by atoms with Gasteiger partial charge in [0.15, 0.2) is 10.9 Å². The number of piperazine rings is 1. The second-order valence-corrected chi connectivity index (χ2v) is 9.89. The number of rotatable bonds is 8. The van der Waals surface area contributed by atoms with Crippen LogP contribution in [-0.2, 0) is 16.0 Å². The molecule has 1 aromatic carbocycles. The molecular formula is C26H31N5O4S. The van der Waals surface area contributed by atoms with Crippen LogP contribution in [-0.4, -0.2) is 71.3 Å². The number of hydrogen-bond donors (Lipinski definition) is 1. The van der Waals surface area contributed by atoms with Crippen molar-refractivity contribution in [1.82, 2.24) is 14.8 Å². The Labute approximate surface area is 214 Å². The molecule has 0 atom stereocenters. The van der Waals surface area contributed by atoms with Crippen LogP contribution in [0.1, 0.15) is 35.7 Å². The van der Waals surface area contributed by atoms with E-state index in [2.05, 4.69) is 34.3 Å². The summed E-state index contributed by atoms with van der Waals surface area (Å²) in [4.78, 5) is 48.1. The molecule has 3 aromatic rings. The summed E-state index contributed by atoms with van der Waals surface area (Å²) in [5.41, 5.74) is 3.07. The van der Waals surface area contributed by atoms with E-state index in [1.807, 2.05) is 30.9 Å². The fourth-order valence-corrected chi connectivity index (χ4v) is 4.90. The minimum Gasteiger partial charge on any atom is -0.459 e. The van der Waals surface area contributed by atoms with Gasteiger partial charge in [0.2, 0.25) is 11.8 Å². The summed E-state index contributed by atoms with van der Waals surface area (Å²) < 4.78 is 5.18. The van der Waals surface area contributed by atoms with Crippen LogP contribution in [0.25, 0.3) is 0 Å². The molecule has 9 nitrogen and oxygen atoms in total. The highest BCUT2D eigenvalue weighted by molar-refractivity contribution is 7.13. The largest absolute Gasteiger partial charge is 0.459 e. The normalized spacial score (nSPS) is 13.7. The van der Waals surface area contributed by atoms with Gasteiger partial charge in [-0.2, -0.15) is 0 Å². The molecule has 0 saturated carbocycles. The minimum absolute atomic E-state index is 0.0256. The third-order valence-corrected chi connectivity index (χ3v) is 6.96. The lowest BCUT2D eigenvalue weighted by Crippen LogP contribution is -2.49. The second-order valence-electron chi connectivity index (χ2n) is 9.03. The Kier molecular flexibility index (Phi) is 8.04. The van der Waals surface area contributed by atoms with Crippen LogP contribution in [0.3, 0.4) is 0 Å². The SMILES string of the molecule is Cc1ccccc1N1CCN(C(=O)Cc2csc(NC(=O)CN(C(=O)c3ccco3)C(C)C)n2)CC1.